The van der Waals surface area contributed by atoms with Crippen molar-refractivity contribution in [3.63, 3.8) is 0 Å². The van der Waals surface area contributed by atoms with Gasteiger partial charge in [0.1, 0.15) is 6.54 Å². The van der Waals surface area contributed by atoms with Crippen LogP contribution in [-0.2, 0) is 14.4 Å². The lowest BCUT2D eigenvalue weighted by Crippen LogP contribution is -2.36. The van der Waals surface area contributed by atoms with Crippen molar-refractivity contribution >= 4 is 46.5 Å². The Morgan fingerprint density at radius 2 is 1.88 bits per heavy atom. The minimum Gasteiger partial charge on any atom is -0.493 e. The molecule has 1 fully saturated rings. The molecule has 1 heterocycles. The Labute approximate surface area is 189 Å². The molecule has 1 saturated heterocycles. The lowest BCUT2D eigenvalue weighted by atomic mass is 10.1. The molecule has 0 radical (unpaired) electrons. The maximum Gasteiger partial charge on any atom is 0.308 e. The number of rotatable bonds is 6. The molecule has 3 amide bonds. The van der Waals surface area contributed by atoms with E-state index in [1.54, 1.807) is 18.2 Å². The molecule has 32 heavy (non-hydrogen) atoms. The van der Waals surface area contributed by atoms with Gasteiger partial charge in [0.2, 0.25) is 5.91 Å². The first kappa shape index (κ1) is 23.1. The number of methoxy groups -OCH3 is 1. The van der Waals surface area contributed by atoms with E-state index in [0.717, 1.165) is 27.8 Å². The van der Waals surface area contributed by atoms with E-state index < -0.39 is 23.0 Å². The Morgan fingerprint density at radius 3 is 2.56 bits per heavy atom. The smallest absolute Gasteiger partial charge is 0.308 e. The quantitative estimate of drug-likeness (QED) is 0.401. The van der Waals surface area contributed by atoms with E-state index in [9.17, 15) is 19.2 Å². The van der Waals surface area contributed by atoms with Gasteiger partial charge < -0.3 is 14.8 Å². The summed E-state index contributed by atoms with van der Waals surface area (Å²) in [4.78, 5) is 49.8. The van der Waals surface area contributed by atoms with E-state index >= 15 is 0 Å². The van der Waals surface area contributed by atoms with Crippen molar-refractivity contribution in [2.75, 3.05) is 19.0 Å². The summed E-state index contributed by atoms with van der Waals surface area (Å²) in [6, 6.07) is 10.3. The second-order valence-corrected chi connectivity index (χ2v) is 8.06. The Kier molecular flexibility index (Phi) is 6.99. The van der Waals surface area contributed by atoms with Crippen LogP contribution in [0.1, 0.15) is 23.6 Å². The number of carbonyl (C=O) groups excluding carboxylic acids is 4. The highest BCUT2D eigenvalue weighted by Crippen LogP contribution is 2.34. The predicted octanol–water partition coefficient (Wildman–Crippen LogP) is 3.91. The molecule has 166 valence electrons. The Bertz CT molecular complexity index is 1140. The van der Waals surface area contributed by atoms with Crippen LogP contribution in [0.3, 0.4) is 0 Å². The fourth-order valence-corrected chi connectivity index (χ4v) is 3.86. The molecule has 0 atom stereocenters. The third-order valence-corrected chi connectivity index (χ3v) is 5.70. The van der Waals surface area contributed by atoms with Crippen molar-refractivity contribution in [1.82, 2.24) is 4.90 Å². The number of anilines is 1. The summed E-state index contributed by atoms with van der Waals surface area (Å²) in [6.45, 7) is 4.71. The summed E-state index contributed by atoms with van der Waals surface area (Å²) >= 11 is 0.751. The summed E-state index contributed by atoms with van der Waals surface area (Å²) < 4.78 is 10.3. The second kappa shape index (κ2) is 9.69. The van der Waals surface area contributed by atoms with E-state index in [1.165, 1.54) is 26.2 Å². The highest BCUT2D eigenvalue weighted by atomic mass is 32.2. The largest absolute Gasteiger partial charge is 0.493 e. The van der Waals surface area contributed by atoms with Crippen LogP contribution in [0.15, 0.2) is 41.3 Å². The number of nitrogens with zero attached hydrogens (tertiary/aromatic N) is 1. The van der Waals surface area contributed by atoms with Gasteiger partial charge in [-0.05, 0) is 66.6 Å². The third kappa shape index (κ3) is 5.17. The zero-order valence-electron chi connectivity index (χ0n) is 18.1. The summed E-state index contributed by atoms with van der Waals surface area (Å²) in [5.41, 5.74) is 3.15. The zero-order valence-corrected chi connectivity index (χ0v) is 18.9. The van der Waals surface area contributed by atoms with Crippen molar-refractivity contribution in [3.8, 4) is 11.5 Å². The summed E-state index contributed by atoms with van der Waals surface area (Å²) in [7, 11) is 1.43. The molecule has 2 aromatic rings. The number of benzene rings is 2. The minimum absolute atomic E-state index is 0.178. The van der Waals surface area contributed by atoms with Crippen LogP contribution in [0, 0.1) is 13.8 Å². The molecule has 0 spiro atoms. The Hall–Kier alpha value is -3.59. The molecule has 8 nitrogen and oxygen atoms in total. The van der Waals surface area contributed by atoms with Gasteiger partial charge in [0.15, 0.2) is 11.5 Å². The highest BCUT2D eigenvalue weighted by Gasteiger charge is 2.36. The van der Waals surface area contributed by atoms with Crippen LogP contribution < -0.4 is 14.8 Å². The standard InChI is InChI=1S/C23H22N2O6S/c1-13-6-5-7-17(14(13)2)24-21(27)12-25-22(28)20(32-23(25)29)11-16-8-9-18(31-15(3)26)19(10-16)30-4/h5-11H,12H2,1-4H3,(H,24,27)/b20-11-. The molecule has 0 bridgehead atoms. The lowest BCUT2D eigenvalue weighted by Gasteiger charge is -2.14. The van der Waals surface area contributed by atoms with Gasteiger partial charge in [-0.15, -0.1) is 0 Å². The first-order valence-electron chi connectivity index (χ1n) is 9.67. The molecular formula is C23H22N2O6S. The topological polar surface area (TPSA) is 102 Å². The molecule has 0 unspecified atom stereocenters. The molecule has 3 rings (SSSR count). The van der Waals surface area contributed by atoms with Gasteiger partial charge in [-0.25, -0.2) is 0 Å². The number of nitrogens with one attached hydrogen (secondary N) is 1. The highest BCUT2D eigenvalue weighted by molar-refractivity contribution is 8.18. The van der Waals surface area contributed by atoms with Crippen molar-refractivity contribution < 1.29 is 28.7 Å². The van der Waals surface area contributed by atoms with Crippen LogP contribution in [0.2, 0.25) is 0 Å². The van der Waals surface area contributed by atoms with E-state index in [0.29, 0.717) is 17.0 Å². The van der Waals surface area contributed by atoms with Crippen LogP contribution in [0.4, 0.5) is 10.5 Å². The monoisotopic (exact) mass is 454 g/mol. The van der Waals surface area contributed by atoms with Crippen molar-refractivity contribution in [3.05, 3.63) is 58.0 Å². The average Bonchev–Trinajstić information content (AvgIpc) is 2.99. The molecule has 2 aromatic carbocycles. The summed E-state index contributed by atoms with van der Waals surface area (Å²) in [5, 5.41) is 2.22. The van der Waals surface area contributed by atoms with Crippen molar-refractivity contribution in [2.24, 2.45) is 0 Å². The number of amides is 3. The summed E-state index contributed by atoms with van der Waals surface area (Å²) in [6.07, 6.45) is 1.52. The molecule has 9 heteroatoms. The van der Waals surface area contributed by atoms with Gasteiger partial charge in [-0.1, -0.05) is 18.2 Å². The fraction of sp³-hybridized carbons (Fsp3) is 0.217. The van der Waals surface area contributed by atoms with E-state index in [4.69, 9.17) is 9.47 Å². The number of ether oxygens (including phenoxy) is 2. The first-order chi connectivity index (χ1) is 15.2. The molecule has 0 saturated carbocycles. The number of carbonyl (C=O) groups is 4. The molecule has 1 N–H and O–H groups in total. The van der Waals surface area contributed by atoms with Crippen molar-refractivity contribution in [1.29, 1.82) is 0 Å². The van der Waals surface area contributed by atoms with Gasteiger partial charge in [0.05, 0.1) is 12.0 Å². The SMILES string of the molecule is COc1cc(/C=C2\SC(=O)N(CC(=O)Nc3cccc(C)c3C)C2=O)ccc1OC(C)=O. The third-order valence-electron chi connectivity index (χ3n) is 4.79. The number of hydrogen-bond acceptors (Lipinski definition) is 7. The second-order valence-electron chi connectivity index (χ2n) is 7.07. The number of imide groups is 1. The fourth-order valence-electron chi connectivity index (χ4n) is 3.02. The predicted molar refractivity (Wildman–Crippen MR) is 122 cm³/mol. The Balaban J connectivity index is 1.74. The maximum absolute atomic E-state index is 12.7. The maximum atomic E-state index is 12.7. The van der Waals surface area contributed by atoms with E-state index in [1.807, 2.05) is 26.0 Å². The minimum atomic E-state index is -0.556. The van der Waals surface area contributed by atoms with Crippen LogP contribution >= 0.6 is 11.8 Å². The Morgan fingerprint density at radius 1 is 1.12 bits per heavy atom. The number of hydrogen-bond donors (Lipinski definition) is 1. The van der Waals surface area contributed by atoms with E-state index in [-0.39, 0.29) is 17.2 Å². The van der Waals surface area contributed by atoms with Gasteiger partial charge in [0, 0.05) is 12.6 Å². The van der Waals surface area contributed by atoms with Crippen LogP contribution in [0.25, 0.3) is 6.08 Å². The van der Waals surface area contributed by atoms with Crippen LogP contribution in [-0.4, -0.2) is 41.6 Å². The van der Waals surface area contributed by atoms with Gasteiger partial charge in [-0.3, -0.25) is 24.1 Å². The van der Waals surface area contributed by atoms with Gasteiger partial charge in [-0.2, -0.15) is 0 Å². The molecule has 1 aliphatic rings. The van der Waals surface area contributed by atoms with Crippen molar-refractivity contribution in [2.45, 2.75) is 20.8 Å². The number of aryl methyl sites for hydroxylation is 1. The van der Waals surface area contributed by atoms with Gasteiger partial charge >= 0.3 is 5.97 Å². The number of esters is 1. The summed E-state index contributed by atoms with van der Waals surface area (Å²) in [5.74, 6) is -0.959. The molecule has 1 aliphatic heterocycles. The number of thioether (sulfide) groups is 1. The van der Waals surface area contributed by atoms with Crippen LogP contribution in [0.5, 0.6) is 11.5 Å². The first-order valence-corrected chi connectivity index (χ1v) is 10.5. The van der Waals surface area contributed by atoms with Gasteiger partial charge in [0.25, 0.3) is 11.1 Å². The molecular weight excluding hydrogens is 432 g/mol. The lowest BCUT2D eigenvalue weighted by molar-refractivity contribution is -0.132. The average molecular weight is 455 g/mol. The molecule has 0 aromatic heterocycles. The molecule has 0 aliphatic carbocycles. The zero-order chi connectivity index (χ0) is 23.4. The normalized spacial score (nSPS) is 14.6. The van der Waals surface area contributed by atoms with E-state index in [2.05, 4.69) is 5.32 Å².